The summed E-state index contributed by atoms with van der Waals surface area (Å²) < 4.78 is 0. The summed E-state index contributed by atoms with van der Waals surface area (Å²) in [5.41, 5.74) is 9.67. The van der Waals surface area contributed by atoms with Crippen molar-refractivity contribution in [3.63, 3.8) is 0 Å². The van der Waals surface area contributed by atoms with Crippen LogP contribution in [0.3, 0.4) is 0 Å². The number of carbonyl (C=O) groups is 1. The molecule has 0 radical (unpaired) electrons. The number of amides is 1. The van der Waals surface area contributed by atoms with Crippen molar-refractivity contribution < 1.29 is 4.79 Å². The summed E-state index contributed by atoms with van der Waals surface area (Å²) in [5, 5.41) is 3.15. The standard InChI is InChI=1S/C19H31N3O.ClH/c1-5-14-8-7-9-15(6-2)18(14)21-17(23)12-22-11-10-16(20)19(3,4)13-22;/h7-9,16H,5-6,10-13,20H2,1-4H3,(H,21,23);1H. The zero-order valence-corrected chi connectivity index (χ0v) is 16.2. The first-order valence-electron chi connectivity index (χ1n) is 8.76. The molecule has 1 amide bonds. The molecule has 24 heavy (non-hydrogen) atoms. The molecule has 1 aromatic carbocycles. The van der Waals surface area contributed by atoms with Crippen LogP contribution in [0, 0.1) is 5.41 Å². The van der Waals surface area contributed by atoms with E-state index in [0.717, 1.165) is 38.0 Å². The number of anilines is 1. The summed E-state index contributed by atoms with van der Waals surface area (Å²) in [5.74, 6) is 0.0758. The Balaban J connectivity index is 0.00000288. The van der Waals surface area contributed by atoms with E-state index in [0.29, 0.717) is 6.54 Å². The van der Waals surface area contributed by atoms with Crippen LogP contribution >= 0.6 is 12.4 Å². The lowest BCUT2D eigenvalue weighted by Gasteiger charge is -2.42. The molecule has 2 rings (SSSR count). The van der Waals surface area contributed by atoms with E-state index in [-0.39, 0.29) is 29.8 Å². The van der Waals surface area contributed by atoms with Gasteiger partial charge in [-0.3, -0.25) is 9.69 Å². The smallest absolute Gasteiger partial charge is 0.238 e. The molecule has 0 aliphatic carbocycles. The maximum Gasteiger partial charge on any atom is 0.238 e. The molecule has 0 saturated carbocycles. The van der Waals surface area contributed by atoms with Gasteiger partial charge in [-0.15, -0.1) is 12.4 Å². The van der Waals surface area contributed by atoms with E-state index in [9.17, 15) is 4.79 Å². The maximum atomic E-state index is 12.5. The molecule has 4 nitrogen and oxygen atoms in total. The van der Waals surface area contributed by atoms with Gasteiger partial charge in [-0.2, -0.15) is 0 Å². The van der Waals surface area contributed by atoms with E-state index in [1.54, 1.807) is 0 Å². The van der Waals surface area contributed by atoms with Crippen molar-refractivity contribution in [2.75, 3.05) is 25.0 Å². The van der Waals surface area contributed by atoms with Crippen LogP contribution in [0.25, 0.3) is 0 Å². The molecule has 1 aliphatic rings. The molecule has 1 aliphatic heterocycles. The van der Waals surface area contributed by atoms with E-state index in [1.165, 1.54) is 11.1 Å². The molecular weight excluding hydrogens is 322 g/mol. The number of likely N-dealkylation sites (tertiary alicyclic amines) is 1. The number of nitrogens with two attached hydrogens (primary N) is 1. The predicted octanol–water partition coefficient (Wildman–Crippen LogP) is 3.23. The molecular formula is C19H32ClN3O. The highest BCUT2D eigenvalue weighted by atomic mass is 35.5. The van der Waals surface area contributed by atoms with Crippen LogP contribution in [0.2, 0.25) is 0 Å². The van der Waals surface area contributed by atoms with Gasteiger partial charge in [0.25, 0.3) is 0 Å². The molecule has 1 saturated heterocycles. The number of halogens is 1. The third-order valence-electron chi connectivity index (χ3n) is 5.02. The van der Waals surface area contributed by atoms with Crippen LogP contribution in [0.4, 0.5) is 5.69 Å². The summed E-state index contributed by atoms with van der Waals surface area (Å²) in [4.78, 5) is 14.7. The molecule has 1 unspecified atom stereocenters. The fraction of sp³-hybridized carbons (Fsp3) is 0.632. The van der Waals surface area contributed by atoms with Gasteiger partial charge in [0.05, 0.1) is 6.54 Å². The number of nitrogens with zero attached hydrogens (tertiary/aromatic N) is 1. The number of carbonyl (C=O) groups excluding carboxylic acids is 1. The Bertz CT molecular complexity index is 537. The Morgan fingerprint density at radius 2 is 1.88 bits per heavy atom. The van der Waals surface area contributed by atoms with Crippen LogP contribution in [0.1, 0.15) is 45.2 Å². The van der Waals surface area contributed by atoms with E-state index < -0.39 is 0 Å². The number of benzene rings is 1. The first-order chi connectivity index (χ1) is 10.9. The van der Waals surface area contributed by atoms with Gasteiger partial charge in [-0.1, -0.05) is 45.9 Å². The van der Waals surface area contributed by atoms with E-state index >= 15 is 0 Å². The average molecular weight is 354 g/mol. The van der Waals surface area contributed by atoms with Gasteiger partial charge < -0.3 is 11.1 Å². The monoisotopic (exact) mass is 353 g/mol. The highest BCUT2D eigenvalue weighted by molar-refractivity contribution is 5.93. The number of hydrogen-bond donors (Lipinski definition) is 2. The number of nitrogens with one attached hydrogen (secondary N) is 1. The Morgan fingerprint density at radius 1 is 1.29 bits per heavy atom. The third kappa shape index (κ3) is 4.95. The van der Waals surface area contributed by atoms with Crippen LogP contribution in [0.15, 0.2) is 18.2 Å². The SMILES string of the molecule is CCc1cccc(CC)c1NC(=O)CN1CCC(N)C(C)(C)C1.Cl. The molecule has 1 aromatic rings. The number of piperidine rings is 1. The summed E-state index contributed by atoms with van der Waals surface area (Å²) >= 11 is 0. The van der Waals surface area contributed by atoms with Crippen molar-refractivity contribution in [3.05, 3.63) is 29.3 Å². The Hall–Kier alpha value is -1.10. The van der Waals surface area contributed by atoms with E-state index in [2.05, 4.69) is 56.1 Å². The Labute approximate surface area is 152 Å². The minimum atomic E-state index is 0. The molecule has 3 N–H and O–H groups in total. The third-order valence-corrected chi connectivity index (χ3v) is 5.02. The van der Waals surface area contributed by atoms with Gasteiger partial charge >= 0.3 is 0 Å². The Morgan fingerprint density at radius 3 is 2.38 bits per heavy atom. The van der Waals surface area contributed by atoms with Crippen molar-refractivity contribution in [3.8, 4) is 0 Å². The first kappa shape index (κ1) is 20.9. The topological polar surface area (TPSA) is 58.4 Å². The van der Waals surface area contributed by atoms with Crippen LogP contribution in [0.5, 0.6) is 0 Å². The molecule has 5 heteroatoms. The summed E-state index contributed by atoms with van der Waals surface area (Å²) in [6.45, 7) is 10.8. The van der Waals surface area contributed by atoms with Crippen molar-refractivity contribution in [1.82, 2.24) is 4.90 Å². The lowest BCUT2D eigenvalue weighted by atomic mass is 9.80. The lowest BCUT2D eigenvalue weighted by Crippen LogP contribution is -2.53. The van der Waals surface area contributed by atoms with Gasteiger partial charge in [0.1, 0.15) is 0 Å². The molecule has 1 atom stereocenters. The van der Waals surface area contributed by atoms with Gasteiger partial charge in [-0.25, -0.2) is 0 Å². The number of rotatable bonds is 5. The molecule has 1 fully saturated rings. The molecule has 1 heterocycles. The van der Waals surface area contributed by atoms with Gasteiger partial charge in [0.2, 0.25) is 5.91 Å². The highest BCUT2D eigenvalue weighted by Gasteiger charge is 2.33. The minimum absolute atomic E-state index is 0. The van der Waals surface area contributed by atoms with Crippen molar-refractivity contribution >= 4 is 24.0 Å². The van der Waals surface area contributed by atoms with E-state index in [4.69, 9.17) is 5.73 Å². The maximum absolute atomic E-state index is 12.5. The number of hydrogen-bond acceptors (Lipinski definition) is 3. The second-order valence-corrected chi connectivity index (χ2v) is 7.30. The Kier molecular flexibility index (Phi) is 7.71. The predicted molar refractivity (Wildman–Crippen MR) is 104 cm³/mol. The second-order valence-electron chi connectivity index (χ2n) is 7.30. The minimum Gasteiger partial charge on any atom is -0.327 e. The second kappa shape index (κ2) is 8.84. The normalized spacial score (nSPS) is 20.3. The zero-order chi connectivity index (χ0) is 17.0. The molecule has 0 spiro atoms. The van der Waals surface area contributed by atoms with Crippen molar-refractivity contribution in [1.29, 1.82) is 0 Å². The molecule has 0 aromatic heterocycles. The largest absolute Gasteiger partial charge is 0.327 e. The summed E-state index contributed by atoms with van der Waals surface area (Å²) in [6, 6.07) is 6.48. The van der Waals surface area contributed by atoms with Gasteiger partial charge in [0, 0.05) is 24.8 Å². The number of para-hydroxylation sites is 1. The van der Waals surface area contributed by atoms with E-state index in [1.807, 2.05) is 0 Å². The summed E-state index contributed by atoms with van der Waals surface area (Å²) in [7, 11) is 0. The zero-order valence-electron chi connectivity index (χ0n) is 15.4. The average Bonchev–Trinajstić information content (AvgIpc) is 2.50. The van der Waals surface area contributed by atoms with Crippen LogP contribution in [-0.2, 0) is 17.6 Å². The van der Waals surface area contributed by atoms with Crippen LogP contribution in [-0.4, -0.2) is 36.5 Å². The highest BCUT2D eigenvalue weighted by Crippen LogP contribution is 2.28. The van der Waals surface area contributed by atoms with Gasteiger partial charge in [0.15, 0.2) is 0 Å². The van der Waals surface area contributed by atoms with Gasteiger partial charge in [-0.05, 0) is 35.8 Å². The summed E-state index contributed by atoms with van der Waals surface area (Å²) in [6.07, 6.45) is 2.80. The van der Waals surface area contributed by atoms with Crippen LogP contribution < -0.4 is 11.1 Å². The quantitative estimate of drug-likeness (QED) is 0.854. The molecule has 136 valence electrons. The molecule has 0 bridgehead atoms. The first-order valence-corrected chi connectivity index (χ1v) is 8.76. The van der Waals surface area contributed by atoms with Crippen molar-refractivity contribution in [2.45, 2.75) is 53.0 Å². The van der Waals surface area contributed by atoms with Crippen molar-refractivity contribution in [2.24, 2.45) is 11.1 Å². The fourth-order valence-corrected chi connectivity index (χ4v) is 3.41. The number of aryl methyl sites for hydroxylation is 2. The fourth-order valence-electron chi connectivity index (χ4n) is 3.41. The lowest BCUT2D eigenvalue weighted by molar-refractivity contribution is -0.118.